The van der Waals surface area contributed by atoms with E-state index in [0.29, 0.717) is 22.5 Å². The Hall–Kier alpha value is -0.820. The molecule has 1 aliphatic heterocycles. The second-order valence-electron chi connectivity index (χ2n) is 6.06. The number of likely N-dealkylation sites (tertiary alicyclic amines) is 1. The average molecular weight is 343 g/mol. The lowest BCUT2D eigenvalue weighted by atomic mass is 9.95. The van der Waals surface area contributed by atoms with Gasteiger partial charge in [-0.1, -0.05) is 6.92 Å². The lowest BCUT2D eigenvalue weighted by molar-refractivity contribution is -0.129. The summed E-state index contributed by atoms with van der Waals surface area (Å²) in [6.45, 7) is 8.04. The zero-order chi connectivity index (χ0) is 16.1. The number of rotatable bonds is 6. The van der Waals surface area contributed by atoms with Gasteiger partial charge in [0.05, 0.1) is 5.75 Å². The first kappa shape index (κ1) is 17.5. The first-order valence-electron chi connectivity index (χ1n) is 8.06. The van der Waals surface area contributed by atoms with Crippen molar-refractivity contribution in [3.8, 4) is 0 Å². The molecule has 0 aromatic carbocycles. The molecule has 1 fully saturated rings. The number of aromatic amines is 1. The minimum atomic E-state index is 0.277. The SMILES string of the molecule is CCCSCC(=O)N1CCC(c2n[nH]c(=S)n2C(C)C)CC1. The van der Waals surface area contributed by atoms with Crippen LogP contribution in [0.4, 0.5) is 0 Å². The fourth-order valence-electron chi connectivity index (χ4n) is 2.89. The summed E-state index contributed by atoms with van der Waals surface area (Å²) >= 11 is 7.06. The highest BCUT2D eigenvalue weighted by molar-refractivity contribution is 7.99. The van der Waals surface area contributed by atoms with Crippen LogP contribution in [0.1, 0.15) is 57.8 Å². The Bertz CT molecular complexity index is 544. The molecule has 0 unspecified atom stereocenters. The highest BCUT2D eigenvalue weighted by Gasteiger charge is 2.27. The smallest absolute Gasteiger partial charge is 0.232 e. The van der Waals surface area contributed by atoms with Crippen molar-refractivity contribution >= 4 is 29.9 Å². The van der Waals surface area contributed by atoms with Crippen molar-refractivity contribution in [1.29, 1.82) is 0 Å². The molecule has 1 amide bonds. The third-order valence-corrected chi connectivity index (χ3v) is 5.47. The van der Waals surface area contributed by atoms with Crippen molar-refractivity contribution in [3.63, 3.8) is 0 Å². The second kappa shape index (κ2) is 8.15. The van der Waals surface area contributed by atoms with E-state index in [9.17, 15) is 4.79 Å². The number of H-pyrrole nitrogens is 1. The molecule has 1 saturated heterocycles. The van der Waals surface area contributed by atoms with Gasteiger partial charge in [0.25, 0.3) is 0 Å². The van der Waals surface area contributed by atoms with Crippen molar-refractivity contribution < 1.29 is 4.79 Å². The number of hydrogen-bond donors (Lipinski definition) is 1. The van der Waals surface area contributed by atoms with Gasteiger partial charge in [0, 0.05) is 25.0 Å². The topological polar surface area (TPSA) is 53.9 Å². The quantitative estimate of drug-likeness (QED) is 0.636. The predicted octanol–water partition coefficient (Wildman–Crippen LogP) is 3.37. The lowest BCUT2D eigenvalue weighted by Gasteiger charge is -2.32. The van der Waals surface area contributed by atoms with E-state index in [1.165, 1.54) is 0 Å². The summed E-state index contributed by atoms with van der Waals surface area (Å²) in [5, 5.41) is 7.35. The van der Waals surface area contributed by atoms with E-state index in [1.807, 2.05) is 4.90 Å². The maximum Gasteiger partial charge on any atom is 0.232 e. The van der Waals surface area contributed by atoms with Gasteiger partial charge in [-0.25, -0.2) is 0 Å². The molecular weight excluding hydrogens is 316 g/mol. The van der Waals surface area contributed by atoms with Gasteiger partial charge in [-0.05, 0) is 51.1 Å². The van der Waals surface area contributed by atoms with E-state index < -0.39 is 0 Å². The average Bonchev–Trinajstić information content (AvgIpc) is 2.89. The molecule has 0 spiro atoms. The highest BCUT2D eigenvalue weighted by atomic mass is 32.2. The van der Waals surface area contributed by atoms with Crippen molar-refractivity contribution in [3.05, 3.63) is 10.6 Å². The molecule has 22 heavy (non-hydrogen) atoms. The van der Waals surface area contributed by atoms with E-state index in [-0.39, 0.29) is 5.91 Å². The van der Waals surface area contributed by atoms with Crippen molar-refractivity contribution in [2.45, 2.75) is 52.0 Å². The zero-order valence-corrected chi connectivity index (χ0v) is 15.3. The second-order valence-corrected chi connectivity index (χ2v) is 7.55. The minimum absolute atomic E-state index is 0.277. The molecular formula is C15H26N4OS2. The van der Waals surface area contributed by atoms with Gasteiger partial charge >= 0.3 is 0 Å². The number of amides is 1. The molecule has 0 bridgehead atoms. The largest absolute Gasteiger partial charge is 0.342 e. The highest BCUT2D eigenvalue weighted by Crippen LogP contribution is 2.28. The Kier molecular flexibility index (Phi) is 6.50. The molecule has 0 atom stereocenters. The van der Waals surface area contributed by atoms with Gasteiger partial charge in [0.1, 0.15) is 5.82 Å². The molecule has 1 aromatic heterocycles. The molecule has 0 aliphatic carbocycles. The molecule has 124 valence electrons. The summed E-state index contributed by atoms with van der Waals surface area (Å²) in [6.07, 6.45) is 3.06. The monoisotopic (exact) mass is 342 g/mol. The molecule has 2 heterocycles. The van der Waals surface area contributed by atoms with Crippen LogP contribution in [-0.2, 0) is 4.79 Å². The predicted molar refractivity (Wildman–Crippen MR) is 94.0 cm³/mol. The maximum atomic E-state index is 12.2. The number of carbonyl (C=O) groups is 1. The van der Waals surface area contributed by atoms with Crippen LogP contribution in [0.2, 0.25) is 0 Å². The molecule has 0 radical (unpaired) electrons. The summed E-state index contributed by atoms with van der Waals surface area (Å²) in [6, 6.07) is 0.311. The summed E-state index contributed by atoms with van der Waals surface area (Å²) < 4.78 is 2.80. The van der Waals surface area contributed by atoms with Crippen molar-refractivity contribution in [2.75, 3.05) is 24.6 Å². The van der Waals surface area contributed by atoms with E-state index in [4.69, 9.17) is 12.2 Å². The number of piperidine rings is 1. The normalized spacial score (nSPS) is 16.5. The third kappa shape index (κ3) is 4.13. The molecule has 0 saturated carbocycles. The van der Waals surface area contributed by atoms with E-state index in [2.05, 4.69) is 35.5 Å². The van der Waals surface area contributed by atoms with Crippen LogP contribution >= 0.6 is 24.0 Å². The Morgan fingerprint density at radius 1 is 1.45 bits per heavy atom. The Morgan fingerprint density at radius 2 is 2.14 bits per heavy atom. The molecule has 5 nitrogen and oxygen atoms in total. The summed E-state index contributed by atoms with van der Waals surface area (Å²) in [4.78, 5) is 14.2. The zero-order valence-electron chi connectivity index (χ0n) is 13.7. The van der Waals surface area contributed by atoms with Crippen LogP contribution in [-0.4, -0.2) is 50.2 Å². The Morgan fingerprint density at radius 3 is 2.73 bits per heavy atom. The molecule has 7 heteroatoms. The summed E-state index contributed by atoms with van der Waals surface area (Å²) in [5.74, 6) is 3.39. The number of hydrogen-bond acceptors (Lipinski definition) is 4. The van der Waals surface area contributed by atoms with Gasteiger partial charge in [-0.15, -0.1) is 0 Å². The van der Waals surface area contributed by atoms with Crippen molar-refractivity contribution in [1.82, 2.24) is 19.7 Å². The third-order valence-electron chi connectivity index (χ3n) is 4.03. The van der Waals surface area contributed by atoms with Crippen LogP contribution in [0.3, 0.4) is 0 Å². The van der Waals surface area contributed by atoms with Crippen LogP contribution < -0.4 is 0 Å². The fraction of sp³-hybridized carbons (Fsp3) is 0.800. The first-order chi connectivity index (χ1) is 10.5. The molecule has 1 N–H and O–H groups in total. The van der Waals surface area contributed by atoms with Gasteiger partial charge in [-0.3, -0.25) is 9.89 Å². The van der Waals surface area contributed by atoms with Crippen LogP contribution in [0.15, 0.2) is 0 Å². The number of nitrogens with zero attached hydrogens (tertiary/aromatic N) is 3. The Balaban J connectivity index is 1.92. The Labute approximate surface area is 141 Å². The van der Waals surface area contributed by atoms with Gasteiger partial charge in [0.2, 0.25) is 5.91 Å². The molecule has 1 aliphatic rings. The van der Waals surface area contributed by atoms with Crippen LogP contribution in [0.25, 0.3) is 0 Å². The van der Waals surface area contributed by atoms with Crippen LogP contribution in [0, 0.1) is 4.77 Å². The fourth-order valence-corrected chi connectivity index (χ4v) is 4.03. The lowest BCUT2D eigenvalue weighted by Crippen LogP contribution is -2.39. The van der Waals surface area contributed by atoms with E-state index >= 15 is 0 Å². The number of nitrogens with one attached hydrogen (secondary N) is 1. The van der Waals surface area contributed by atoms with Crippen LogP contribution in [0.5, 0.6) is 0 Å². The van der Waals surface area contributed by atoms with E-state index in [0.717, 1.165) is 43.9 Å². The number of aromatic nitrogens is 3. The molecule has 1 aromatic rings. The van der Waals surface area contributed by atoms with Gasteiger partial charge in [-0.2, -0.15) is 16.9 Å². The number of carbonyl (C=O) groups excluding carboxylic acids is 1. The maximum absolute atomic E-state index is 12.2. The van der Waals surface area contributed by atoms with E-state index in [1.54, 1.807) is 11.8 Å². The summed E-state index contributed by atoms with van der Waals surface area (Å²) in [7, 11) is 0. The van der Waals surface area contributed by atoms with Gasteiger partial charge in [0.15, 0.2) is 4.77 Å². The van der Waals surface area contributed by atoms with Gasteiger partial charge < -0.3 is 9.47 Å². The van der Waals surface area contributed by atoms with Crippen molar-refractivity contribution in [2.24, 2.45) is 0 Å². The first-order valence-corrected chi connectivity index (χ1v) is 9.63. The number of thioether (sulfide) groups is 1. The minimum Gasteiger partial charge on any atom is -0.342 e. The molecule has 2 rings (SSSR count). The standard InChI is InChI=1S/C15H26N4OS2/c1-4-9-22-10-13(20)18-7-5-12(6-8-18)14-16-17-15(21)19(14)11(2)3/h11-12H,4-10H2,1-3H3,(H,17,21). The summed E-state index contributed by atoms with van der Waals surface area (Å²) in [5.41, 5.74) is 0.